The number of aliphatic hydroxyl groups excluding tert-OH is 1. The largest absolute Gasteiger partial charge is 0.458 e. The van der Waals surface area contributed by atoms with E-state index in [0.29, 0.717) is 0 Å². The van der Waals surface area contributed by atoms with Gasteiger partial charge in [0.15, 0.2) is 5.78 Å². The summed E-state index contributed by atoms with van der Waals surface area (Å²) in [6.07, 6.45) is 8.29. The molecular weight excluding hydrogens is 680 g/mol. The standard InChI is InChI=1S/C39H60N6O8/c1-12-13-29(22-25(2)23-40)39(9,10)27(4)35(50)42-28(5)36(51)44(11)20-18-26(3)34(49)43-31(37(52)53-38(6,7)8)15-16-32(47)41-19-21-45-24-30(46)14-17-33(45)48/h12-14,17-18,22,25,27-28,31,36,51H,15-16,19-21,24H2,1-11H3,(H,41,47)(H,42,50)(H,43,49)/b13-12-,26-18+,29-22+. The average molecular weight is 741 g/mol. The summed E-state index contributed by atoms with van der Waals surface area (Å²) in [5, 5.41) is 28.5. The van der Waals surface area contributed by atoms with Gasteiger partial charge in [-0.05, 0) is 73.6 Å². The maximum absolute atomic E-state index is 13.3. The number of ketones is 1. The van der Waals surface area contributed by atoms with Gasteiger partial charge in [-0.25, -0.2) is 4.79 Å². The molecule has 0 aromatic rings. The number of hydrogen-bond donors (Lipinski definition) is 4. The molecule has 1 aliphatic rings. The van der Waals surface area contributed by atoms with Crippen LogP contribution in [-0.2, 0) is 33.5 Å². The molecule has 0 radical (unpaired) electrons. The molecule has 14 nitrogen and oxygen atoms in total. The topological polar surface area (TPSA) is 198 Å². The number of ether oxygens (including phenoxy) is 1. The second-order valence-corrected chi connectivity index (χ2v) is 15.0. The van der Waals surface area contributed by atoms with Gasteiger partial charge in [0, 0.05) is 49.0 Å². The number of carbonyl (C=O) groups is 6. The Balaban J connectivity index is 2.86. The van der Waals surface area contributed by atoms with Crippen LogP contribution in [0.3, 0.4) is 0 Å². The van der Waals surface area contributed by atoms with Crippen LogP contribution in [0.5, 0.6) is 0 Å². The van der Waals surface area contributed by atoms with E-state index in [9.17, 15) is 39.1 Å². The lowest BCUT2D eigenvalue weighted by Crippen LogP contribution is -2.51. The number of esters is 1. The molecule has 0 aromatic heterocycles. The van der Waals surface area contributed by atoms with Crippen LogP contribution in [0.2, 0.25) is 0 Å². The summed E-state index contributed by atoms with van der Waals surface area (Å²) in [5.41, 5.74) is -0.349. The van der Waals surface area contributed by atoms with E-state index in [1.807, 2.05) is 39.0 Å². The van der Waals surface area contributed by atoms with E-state index in [1.165, 1.54) is 17.1 Å². The van der Waals surface area contributed by atoms with E-state index >= 15 is 0 Å². The SMILES string of the molecule is C/C=C\C(=C/C(C)C#N)C(C)(C)C(C)C(=O)NC(C)C(O)N(C)C/C=C(\C)C(=O)NC(CCC(=O)NCCN1CC(=O)C=CC1=O)C(=O)OC(C)(C)C. The molecule has 14 heteroatoms. The second-order valence-electron chi connectivity index (χ2n) is 15.0. The lowest BCUT2D eigenvalue weighted by molar-refractivity contribution is -0.158. The van der Waals surface area contributed by atoms with Crippen LogP contribution in [0.1, 0.15) is 82.1 Å². The number of aliphatic hydroxyl groups is 1. The van der Waals surface area contributed by atoms with Crippen LogP contribution >= 0.6 is 0 Å². The summed E-state index contributed by atoms with van der Waals surface area (Å²) >= 11 is 0. The van der Waals surface area contributed by atoms with Crippen LogP contribution in [-0.4, -0.2) is 107 Å². The number of likely N-dealkylation sites (N-methyl/N-ethyl adjacent to an activating group) is 1. The first-order valence-corrected chi connectivity index (χ1v) is 17.9. The summed E-state index contributed by atoms with van der Waals surface area (Å²) in [4.78, 5) is 78.4. The Morgan fingerprint density at radius 1 is 1.09 bits per heavy atom. The van der Waals surface area contributed by atoms with Gasteiger partial charge in [-0.15, -0.1) is 0 Å². The van der Waals surface area contributed by atoms with E-state index in [1.54, 1.807) is 66.5 Å². The molecule has 0 saturated carbocycles. The van der Waals surface area contributed by atoms with Gasteiger partial charge in [-0.2, -0.15) is 5.26 Å². The fourth-order valence-corrected chi connectivity index (χ4v) is 5.20. The van der Waals surface area contributed by atoms with Gasteiger partial charge in [0.25, 0.3) is 0 Å². The molecule has 294 valence electrons. The second kappa shape index (κ2) is 21.2. The van der Waals surface area contributed by atoms with Crippen molar-refractivity contribution in [3.63, 3.8) is 0 Å². The third-order valence-electron chi connectivity index (χ3n) is 8.94. The van der Waals surface area contributed by atoms with Crippen molar-refractivity contribution < 1.29 is 38.6 Å². The van der Waals surface area contributed by atoms with Crippen molar-refractivity contribution in [3.8, 4) is 6.07 Å². The number of allylic oxidation sites excluding steroid dienone is 4. The number of nitrogens with one attached hydrogen (secondary N) is 3. The lowest BCUT2D eigenvalue weighted by Gasteiger charge is -2.35. The molecule has 4 N–H and O–H groups in total. The van der Waals surface area contributed by atoms with Crippen molar-refractivity contribution in [2.45, 2.75) is 106 Å². The Kier molecular flexibility index (Phi) is 18.5. The summed E-state index contributed by atoms with van der Waals surface area (Å²) in [7, 11) is 1.64. The molecule has 1 rings (SSSR count). The molecule has 0 spiro atoms. The minimum atomic E-state index is -1.14. The first-order valence-electron chi connectivity index (χ1n) is 17.9. The van der Waals surface area contributed by atoms with Crippen molar-refractivity contribution in [2.75, 3.05) is 33.2 Å². The molecule has 1 heterocycles. The van der Waals surface area contributed by atoms with E-state index < -0.39 is 53.0 Å². The zero-order valence-corrected chi connectivity index (χ0v) is 33.2. The van der Waals surface area contributed by atoms with Crippen LogP contribution in [0.25, 0.3) is 0 Å². The lowest BCUT2D eigenvalue weighted by atomic mass is 9.72. The van der Waals surface area contributed by atoms with E-state index in [-0.39, 0.29) is 68.1 Å². The zero-order valence-electron chi connectivity index (χ0n) is 33.2. The molecule has 1 aliphatic heterocycles. The van der Waals surface area contributed by atoms with Crippen molar-refractivity contribution in [2.24, 2.45) is 17.3 Å². The predicted octanol–water partition coefficient (Wildman–Crippen LogP) is 2.70. The third kappa shape index (κ3) is 15.9. The van der Waals surface area contributed by atoms with Crippen LogP contribution < -0.4 is 16.0 Å². The highest BCUT2D eigenvalue weighted by atomic mass is 16.6. The monoisotopic (exact) mass is 740 g/mol. The molecular formula is C39H60N6O8. The highest BCUT2D eigenvalue weighted by Gasteiger charge is 2.35. The van der Waals surface area contributed by atoms with Gasteiger partial charge in [0.2, 0.25) is 23.6 Å². The van der Waals surface area contributed by atoms with Crippen molar-refractivity contribution >= 4 is 35.4 Å². The third-order valence-corrected chi connectivity index (χ3v) is 8.94. The van der Waals surface area contributed by atoms with E-state index in [0.717, 1.165) is 5.57 Å². The van der Waals surface area contributed by atoms with Gasteiger partial charge in [0.1, 0.15) is 17.9 Å². The van der Waals surface area contributed by atoms with Crippen molar-refractivity contribution in [3.05, 3.63) is 47.6 Å². The number of nitrogens with zero attached hydrogens (tertiary/aromatic N) is 3. The number of nitriles is 1. The average Bonchev–Trinajstić information content (AvgIpc) is 3.08. The van der Waals surface area contributed by atoms with Crippen LogP contribution in [0.4, 0.5) is 0 Å². The van der Waals surface area contributed by atoms with Gasteiger partial charge < -0.3 is 30.7 Å². The Bertz CT molecular complexity index is 1500. The number of amides is 4. The summed E-state index contributed by atoms with van der Waals surface area (Å²) in [6.45, 7) is 17.9. The van der Waals surface area contributed by atoms with Gasteiger partial charge in [-0.1, -0.05) is 45.1 Å². The zero-order chi connectivity index (χ0) is 40.7. The molecule has 0 fully saturated rings. The van der Waals surface area contributed by atoms with Crippen molar-refractivity contribution in [1.29, 1.82) is 5.26 Å². The fourth-order valence-electron chi connectivity index (χ4n) is 5.20. The predicted molar refractivity (Wildman–Crippen MR) is 201 cm³/mol. The maximum Gasteiger partial charge on any atom is 0.329 e. The van der Waals surface area contributed by atoms with Gasteiger partial charge in [-0.3, -0.25) is 28.9 Å². The van der Waals surface area contributed by atoms with Crippen LogP contribution in [0, 0.1) is 28.6 Å². The van der Waals surface area contributed by atoms with E-state index in [4.69, 9.17) is 4.74 Å². The normalized spacial score (nSPS) is 17.2. The number of rotatable bonds is 19. The van der Waals surface area contributed by atoms with Gasteiger partial charge in [0.05, 0.1) is 24.6 Å². The molecule has 0 aliphatic carbocycles. The minimum Gasteiger partial charge on any atom is -0.458 e. The Labute approximate surface area is 314 Å². The molecule has 0 aromatic carbocycles. The molecule has 53 heavy (non-hydrogen) atoms. The first kappa shape index (κ1) is 46.4. The Morgan fingerprint density at radius 2 is 1.74 bits per heavy atom. The first-order chi connectivity index (χ1) is 24.5. The fraction of sp³-hybridized carbons (Fsp3) is 0.615. The summed E-state index contributed by atoms with van der Waals surface area (Å²) in [5.74, 6) is -3.33. The Hall–Kier alpha value is -4.61. The van der Waals surface area contributed by atoms with Crippen LogP contribution in [0.15, 0.2) is 47.6 Å². The molecule has 5 unspecified atom stereocenters. The smallest absolute Gasteiger partial charge is 0.329 e. The summed E-state index contributed by atoms with van der Waals surface area (Å²) in [6, 6.07) is 0.378. The molecule has 4 amide bonds. The maximum atomic E-state index is 13.3. The Morgan fingerprint density at radius 3 is 2.32 bits per heavy atom. The molecule has 0 bridgehead atoms. The molecule has 0 saturated heterocycles. The quantitative estimate of drug-likeness (QED) is 0.0661. The highest BCUT2D eigenvalue weighted by Crippen LogP contribution is 2.37. The highest BCUT2D eigenvalue weighted by molar-refractivity contribution is 6.04. The minimum absolute atomic E-state index is 0.0575. The number of carbonyl (C=O) groups excluding carboxylic acids is 6. The molecule has 5 atom stereocenters. The number of hydrogen-bond acceptors (Lipinski definition) is 10. The van der Waals surface area contributed by atoms with Crippen molar-refractivity contribution in [1.82, 2.24) is 25.8 Å². The summed E-state index contributed by atoms with van der Waals surface area (Å²) < 4.78 is 5.49. The van der Waals surface area contributed by atoms with Gasteiger partial charge >= 0.3 is 5.97 Å². The van der Waals surface area contributed by atoms with E-state index in [2.05, 4.69) is 22.0 Å².